The Balaban J connectivity index is 0.000000182. The van der Waals surface area contributed by atoms with Crippen LogP contribution < -0.4 is 11.1 Å². The molecule has 17 nitrogen and oxygen atoms in total. The van der Waals surface area contributed by atoms with Crippen LogP contribution in [0.25, 0.3) is 22.1 Å². The number of methoxy groups -OCH3 is 2. The molecule has 3 N–H and O–H groups in total. The molecule has 0 radical (unpaired) electrons. The molecule has 2 aliphatic carbocycles. The van der Waals surface area contributed by atoms with Crippen molar-refractivity contribution >= 4 is 74.9 Å². The van der Waals surface area contributed by atoms with Crippen LogP contribution in [0.5, 0.6) is 0 Å². The lowest BCUT2D eigenvalue weighted by Crippen LogP contribution is -2.26. The van der Waals surface area contributed by atoms with E-state index in [1.54, 1.807) is 86.8 Å². The number of nitrogen functional groups attached to an aromatic ring is 1. The third-order valence-electron chi connectivity index (χ3n) is 11.5. The standard InChI is InChI=1S/C23H28N6O3.C16H21ClN4O.C8H9NO2/c1-28(2)21(30)18-12-16-14-25-23(26-19-11-10-15(13-24-19)22(31)32-3)27-20(16)29(18)17-8-6-4-5-7-9-17;1-20(2)15(22)13-9-11-10-18-16(17)19-14(11)21(13)12-7-5-3-4-6-8-12;1-11-8(10)6-2-4-7(9)5-3-6/h10-14,17H,4-9H2,1-3H3,(H,24,25,26,27);9-10,12H,3-8H2,1-2H3;2-5H,9H2,1H3. The fourth-order valence-corrected chi connectivity index (χ4v) is 8.30. The molecule has 2 amide bonds. The highest BCUT2D eigenvalue weighted by Crippen LogP contribution is 2.34. The first-order chi connectivity index (χ1) is 31.3. The molecular formula is C47H58ClN11O6. The van der Waals surface area contributed by atoms with Crippen LogP contribution in [0.15, 0.2) is 67.1 Å². The van der Waals surface area contributed by atoms with Gasteiger partial charge >= 0.3 is 11.9 Å². The van der Waals surface area contributed by atoms with Crippen LogP contribution in [0.4, 0.5) is 17.5 Å². The number of nitrogens with zero attached hydrogens (tertiary/aromatic N) is 9. The number of hydrogen-bond donors (Lipinski definition) is 2. The summed E-state index contributed by atoms with van der Waals surface area (Å²) in [5, 5.41) is 5.02. The predicted octanol–water partition coefficient (Wildman–Crippen LogP) is 8.69. The second kappa shape index (κ2) is 22.3. The van der Waals surface area contributed by atoms with Gasteiger partial charge in [-0.2, -0.15) is 9.97 Å². The normalized spacial score (nSPS) is 14.4. The van der Waals surface area contributed by atoms with Gasteiger partial charge in [-0.3, -0.25) is 9.59 Å². The number of benzene rings is 1. The highest BCUT2D eigenvalue weighted by molar-refractivity contribution is 6.28. The zero-order chi connectivity index (χ0) is 46.6. The summed E-state index contributed by atoms with van der Waals surface area (Å²) in [5.41, 5.74) is 9.78. The topological polar surface area (TPSA) is 206 Å². The first-order valence-corrected chi connectivity index (χ1v) is 22.3. The van der Waals surface area contributed by atoms with Gasteiger partial charge in [0.05, 0.1) is 25.3 Å². The van der Waals surface area contributed by atoms with Crippen LogP contribution in [0.1, 0.15) is 131 Å². The van der Waals surface area contributed by atoms with E-state index in [0.717, 1.165) is 60.6 Å². The van der Waals surface area contributed by atoms with Crippen LogP contribution in [-0.4, -0.2) is 110 Å². The van der Waals surface area contributed by atoms with E-state index in [4.69, 9.17) is 27.1 Å². The molecule has 0 unspecified atom stereocenters. The zero-order valence-corrected chi connectivity index (χ0v) is 38.7. The van der Waals surface area contributed by atoms with Gasteiger partial charge in [0.15, 0.2) is 0 Å². The van der Waals surface area contributed by atoms with Gasteiger partial charge in [0, 0.05) is 75.3 Å². The number of esters is 2. The van der Waals surface area contributed by atoms with Gasteiger partial charge in [0.1, 0.15) is 28.5 Å². The number of anilines is 3. The molecule has 0 spiro atoms. The minimum atomic E-state index is -0.443. The molecule has 5 aromatic heterocycles. The maximum Gasteiger partial charge on any atom is 0.339 e. The van der Waals surface area contributed by atoms with E-state index in [1.165, 1.54) is 58.9 Å². The molecule has 18 heteroatoms. The van der Waals surface area contributed by atoms with Crippen LogP contribution in [0, 0.1) is 0 Å². The number of nitrogens with one attached hydrogen (secondary N) is 1. The zero-order valence-electron chi connectivity index (χ0n) is 37.9. The predicted molar refractivity (Wildman–Crippen MR) is 251 cm³/mol. The number of nitrogens with two attached hydrogens (primary N) is 1. The number of carbonyl (C=O) groups excluding carboxylic acids is 4. The van der Waals surface area contributed by atoms with Crippen LogP contribution in [-0.2, 0) is 9.47 Å². The Bertz CT molecular complexity index is 2580. The molecule has 2 fully saturated rings. The van der Waals surface area contributed by atoms with E-state index in [1.807, 2.05) is 12.1 Å². The third kappa shape index (κ3) is 11.9. The summed E-state index contributed by atoms with van der Waals surface area (Å²) in [7, 11) is 9.75. The first-order valence-electron chi connectivity index (χ1n) is 21.9. The van der Waals surface area contributed by atoms with Gasteiger partial charge in [-0.05, 0) is 85.8 Å². The molecule has 2 aliphatic rings. The van der Waals surface area contributed by atoms with Crippen molar-refractivity contribution in [2.45, 2.75) is 89.1 Å². The lowest BCUT2D eigenvalue weighted by atomic mass is 10.1. The monoisotopic (exact) mass is 907 g/mol. The van der Waals surface area contributed by atoms with Gasteiger partial charge < -0.3 is 39.5 Å². The Morgan fingerprint density at radius 1 is 0.631 bits per heavy atom. The second-order valence-electron chi connectivity index (χ2n) is 16.5. The third-order valence-corrected chi connectivity index (χ3v) is 11.7. The van der Waals surface area contributed by atoms with E-state index >= 15 is 0 Å². The largest absolute Gasteiger partial charge is 0.465 e. The van der Waals surface area contributed by atoms with Crippen LogP contribution in [0.3, 0.4) is 0 Å². The average molecular weight is 909 g/mol. The highest BCUT2D eigenvalue weighted by Gasteiger charge is 2.27. The fourth-order valence-electron chi connectivity index (χ4n) is 8.17. The lowest BCUT2D eigenvalue weighted by Gasteiger charge is -2.21. The Kier molecular flexibility index (Phi) is 16.4. The molecule has 0 saturated heterocycles. The summed E-state index contributed by atoms with van der Waals surface area (Å²) < 4.78 is 13.4. The van der Waals surface area contributed by atoms with Crippen molar-refractivity contribution in [1.29, 1.82) is 0 Å². The molecule has 8 rings (SSSR count). The second-order valence-corrected chi connectivity index (χ2v) is 16.9. The van der Waals surface area contributed by atoms with Crippen molar-refractivity contribution in [3.05, 3.63) is 94.9 Å². The molecule has 1 aromatic carbocycles. The average Bonchev–Trinajstić information content (AvgIpc) is 3.57. The van der Waals surface area contributed by atoms with Crippen LogP contribution >= 0.6 is 11.6 Å². The summed E-state index contributed by atoms with van der Waals surface area (Å²) in [6.45, 7) is 0. The highest BCUT2D eigenvalue weighted by atomic mass is 35.5. The summed E-state index contributed by atoms with van der Waals surface area (Å²) in [6.07, 6.45) is 18.7. The summed E-state index contributed by atoms with van der Waals surface area (Å²) in [6, 6.07) is 14.2. The van der Waals surface area contributed by atoms with Crippen molar-refractivity contribution in [1.82, 2.24) is 43.9 Å². The Morgan fingerprint density at radius 3 is 1.55 bits per heavy atom. The summed E-state index contributed by atoms with van der Waals surface area (Å²) in [5.74, 6) is 0.0630. The Labute approximate surface area is 383 Å². The minimum Gasteiger partial charge on any atom is -0.465 e. The van der Waals surface area contributed by atoms with Gasteiger partial charge in [-0.15, -0.1) is 0 Å². The van der Waals surface area contributed by atoms with Gasteiger partial charge in [-0.25, -0.2) is 24.5 Å². The number of fused-ring (bicyclic) bond motifs is 2. The molecule has 0 bridgehead atoms. The SMILES string of the molecule is CN(C)C(=O)c1cc2cnc(Cl)nc2n1C1CCCCCC1.COC(=O)c1ccc(N)cc1.COC(=O)c1ccc(Nc2ncc3cc(C(=O)N(C)C)n(C4CCCCCC4)c3n2)nc1. The van der Waals surface area contributed by atoms with E-state index < -0.39 is 5.97 Å². The Morgan fingerprint density at radius 2 is 1.09 bits per heavy atom. The van der Waals surface area contributed by atoms with Crippen molar-refractivity contribution in [2.75, 3.05) is 53.5 Å². The summed E-state index contributed by atoms with van der Waals surface area (Å²) in [4.78, 5) is 73.0. The molecule has 65 heavy (non-hydrogen) atoms. The minimum absolute atomic E-state index is 0.00151. The van der Waals surface area contributed by atoms with Gasteiger partial charge in [0.2, 0.25) is 11.2 Å². The fraction of sp³-hybridized carbons (Fsp3) is 0.426. The number of ether oxygens (including phenoxy) is 2. The maximum absolute atomic E-state index is 12.9. The van der Waals surface area contributed by atoms with E-state index in [0.29, 0.717) is 46.0 Å². The number of amides is 2. The van der Waals surface area contributed by atoms with E-state index in [2.05, 4.69) is 39.1 Å². The number of pyridine rings is 1. The van der Waals surface area contributed by atoms with Crippen molar-refractivity contribution in [2.24, 2.45) is 0 Å². The quantitative estimate of drug-likeness (QED) is 0.0635. The smallest absolute Gasteiger partial charge is 0.339 e. The number of aromatic nitrogens is 7. The molecule has 6 aromatic rings. The van der Waals surface area contributed by atoms with E-state index in [9.17, 15) is 19.2 Å². The van der Waals surface area contributed by atoms with E-state index in [-0.39, 0.29) is 29.1 Å². The molecule has 2 saturated carbocycles. The van der Waals surface area contributed by atoms with Crippen molar-refractivity contribution < 1.29 is 28.7 Å². The molecular weight excluding hydrogens is 850 g/mol. The van der Waals surface area contributed by atoms with Crippen molar-refractivity contribution in [3.8, 4) is 0 Å². The maximum atomic E-state index is 12.9. The molecule has 5 heterocycles. The summed E-state index contributed by atoms with van der Waals surface area (Å²) >= 11 is 5.98. The number of halogens is 1. The molecule has 344 valence electrons. The number of carbonyl (C=O) groups is 4. The van der Waals surface area contributed by atoms with Gasteiger partial charge in [0.25, 0.3) is 11.8 Å². The first kappa shape index (κ1) is 47.8. The van der Waals surface area contributed by atoms with Gasteiger partial charge in [-0.1, -0.05) is 51.4 Å². The lowest BCUT2D eigenvalue weighted by molar-refractivity contribution is 0.0591. The number of hydrogen-bond acceptors (Lipinski definition) is 13. The number of rotatable bonds is 8. The van der Waals surface area contributed by atoms with Crippen molar-refractivity contribution in [3.63, 3.8) is 0 Å². The van der Waals surface area contributed by atoms with Crippen LogP contribution in [0.2, 0.25) is 5.28 Å². The molecule has 0 aliphatic heterocycles. The Hall–Kier alpha value is -6.62. The molecule has 0 atom stereocenters.